The lowest BCUT2D eigenvalue weighted by molar-refractivity contribution is -0.136. The van der Waals surface area contributed by atoms with Crippen LogP contribution in [-0.4, -0.2) is 58.7 Å². The number of rotatable bonds is 4. The molecule has 3 atom stereocenters. The number of hydrogen-bond donors (Lipinski definition) is 0. The molecule has 3 amide bonds. The summed E-state index contributed by atoms with van der Waals surface area (Å²) >= 11 is 14.4. The van der Waals surface area contributed by atoms with E-state index >= 15 is 0 Å². The predicted octanol–water partition coefficient (Wildman–Crippen LogP) is 3.87. The lowest BCUT2D eigenvalue weighted by Crippen LogP contribution is -2.43. The van der Waals surface area contributed by atoms with Crippen LogP contribution in [0.4, 0.5) is 5.69 Å². The van der Waals surface area contributed by atoms with Crippen LogP contribution in [-0.2, 0) is 25.7 Å². The Labute approximate surface area is 236 Å². The monoisotopic (exact) mass is 589 g/mol. The van der Waals surface area contributed by atoms with Crippen molar-refractivity contribution in [3.8, 4) is 0 Å². The van der Waals surface area contributed by atoms with Crippen LogP contribution in [0.2, 0.25) is 10.0 Å². The lowest BCUT2D eigenvalue weighted by atomic mass is 9.83. The van der Waals surface area contributed by atoms with E-state index in [1.165, 1.54) is 21.2 Å². The lowest BCUT2D eigenvalue weighted by Gasteiger charge is -2.31. The molecule has 2 fully saturated rings. The number of benzene rings is 2. The summed E-state index contributed by atoms with van der Waals surface area (Å²) in [4.78, 5) is 57.1. The summed E-state index contributed by atoms with van der Waals surface area (Å²) in [7, 11) is 0. The molecule has 8 nitrogen and oxygen atoms in total. The molecule has 0 N–H and O–H groups in total. The summed E-state index contributed by atoms with van der Waals surface area (Å²) in [6, 6.07) is 13.7. The van der Waals surface area contributed by atoms with E-state index in [9.17, 15) is 19.2 Å². The van der Waals surface area contributed by atoms with Crippen molar-refractivity contribution in [3.05, 3.63) is 78.7 Å². The van der Waals surface area contributed by atoms with E-state index in [2.05, 4.69) is 0 Å². The molecule has 196 valence electrons. The highest BCUT2D eigenvalue weighted by Crippen LogP contribution is 2.54. The van der Waals surface area contributed by atoms with Gasteiger partial charge in [-0.25, -0.2) is 4.90 Å². The number of aromatic nitrogens is 1. The first-order chi connectivity index (χ1) is 18.3. The topological polar surface area (TPSA) is 88.9 Å². The summed E-state index contributed by atoms with van der Waals surface area (Å²) < 4.78 is 6.79. The highest BCUT2D eigenvalue weighted by molar-refractivity contribution is 8.00. The fraction of sp³-hybridized carbons (Fsp3) is 0.308. The minimum atomic E-state index is -0.759. The van der Waals surface area contributed by atoms with Gasteiger partial charge >= 0.3 is 4.87 Å². The van der Waals surface area contributed by atoms with Crippen molar-refractivity contribution in [2.75, 3.05) is 31.2 Å². The Morgan fingerprint density at radius 3 is 2.21 bits per heavy atom. The van der Waals surface area contributed by atoms with Crippen molar-refractivity contribution in [1.29, 1.82) is 0 Å². The number of fused-ring (bicyclic) bond motifs is 2. The molecule has 2 aromatic carbocycles. The standard InChI is InChI=1S/C26H21Cl2N3O5S2/c27-15-3-1-14(2-4-15)19-20-21(24(34)31(23(20)33)17-7-5-16(28)6-8-17)37-25-22(19)38-26(35)30(25)13-18(32)29-9-11-36-12-10-29/h1-8,19-21H,9-13H2. The average molecular weight is 591 g/mol. The first-order valence-corrected chi connectivity index (χ1v) is 14.4. The van der Waals surface area contributed by atoms with Gasteiger partial charge in [-0.15, -0.1) is 0 Å². The summed E-state index contributed by atoms with van der Waals surface area (Å²) in [5, 5.41) is 0.830. The third-order valence-corrected chi connectivity index (χ3v) is 10.1. The zero-order valence-corrected chi connectivity index (χ0v) is 23.0. The third-order valence-electron chi connectivity index (χ3n) is 7.02. The number of hydrogen-bond acceptors (Lipinski definition) is 7. The summed E-state index contributed by atoms with van der Waals surface area (Å²) in [6.07, 6.45) is 0. The molecular weight excluding hydrogens is 569 g/mol. The molecule has 1 aromatic heterocycles. The Morgan fingerprint density at radius 1 is 0.921 bits per heavy atom. The van der Waals surface area contributed by atoms with Gasteiger partial charge in [0.1, 0.15) is 11.8 Å². The molecule has 0 bridgehead atoms. The largest absolute Gasteiger partial charge is 0.378 e. The van der Waals surface area contributed by atoms with Gasteiger partial charge < -0.3 is 9.64 Å². The summed E-state index contributed by atoms with van der Waals surface area (Å²) in [6.45, 7) is 1.71. The van der Waals surface area contributed by atoms with Crippen LogP contribution >= 0.6 is 46.3 Å². The average Bonchev–Trinajstić information content (AvgIpc) is 3.36. The van der Waals surface area contributed by atoms with Crippen molar-refractivity contribution in [2.45, 2.75) is 22.7 Å². The molecule has 2 saturated heterocycles. The fourth-order valence-electron chi connectivity index (χ4n) is 5.18. The molecular formula is C26H21Cl2N3O5S2. The number of nitrogens with zero attached hydrogens (tertiary/aromatic N) is 3. The fourth-order valence-corrected chi connectivity index (χ4v) is 8.20. The first kappa shape index (κ1) is 25.6. The van der Waals surface area contributed by atoms with Crippen LogP contribution in [0.15, 0.2) is 58.4 Å². The van der Waals surface area contributed by atoms with E-state index in [1.54, 1.807) is 41.3 Å². The minimum Gasteiger partial charge on any atom is -0.378 e. The van der Waals surface area contributed by atoms with Gasteiger partial charge in [-0.2, -0.15) is 0 Å². The maximum atomic E-state index is 13.9. The van der Waals surface area contributed by atoms with Crippen LogP contribution < -0.4 is 9.77 Å². The smallest absolute Gasteiger partial charge is 0.308 e. The van der Waals surface area contributed by atoms with Crippen molar-refractivity contribution >= 4 is 69.7 Å². The number of morpholine rings is 1. The number of thiazole rings is 1. The Hall–Kier alpha value is -2.63. The van der Waals surface area contributed by atoms with Crippen LogP contribution in [0.3, 0.4) is 0 Å². The maximum Gasteiger partial charge on any atom is 0.308 e. The summed E-state index contributed by atoms with van der Waals surface area (Å²) in [5.74, 6) is -2.14. The minimum absolute atomic E-state index is 0.134. The second-order valence-corrected chi connectivity index (χ2v) is 12.2. The molecule has 6 rings (SSSR count). The van der Waals surface area contributed by atoms with Crippen LogP contribution in [0.1, 0.15) is 16.4 Å². The van der Waals surface area contributed by atoms with Gasteiger partial charge in [0.15, 0.2) is 0 Å². The van der Waals surface area contributed by atoms with Crippen molar-refractivity contribution in [3.63, 3.8) is 0 Å². The van der Waals surface area contributed by atoms with Gasteiger partial charge in [0.25, 0.3) is 0 Å². The number of carbonyl (C=O) groups excluding carboxylic acids is 3. The van der Waals surface area contributed by atoms with E-state index in [-0.39, 0.29) is 29.1 Å². The molecule has 3 aliphatic heterocycles. The molecule has 3 aliphatic rings. The van der Waals surface area contributed by atoms with Gasteiger partial charge in [-0.05, 0) is 42.0 Å². The molecule has 0 aliphatic carbocycles. The van der Waals surface area contributed by atoms with Crippen molar-refractivity contribution in [2.24, 2.45) is 5.92 Å². The quantitative estimate of drug-likeness (QED) is 0.429. The Bertz CT molecular complexity index is 1480. The molecule has 4 heterocycles. The number of imide groups is 1. The molecule has 12 heteroatoms. The number of anilines is 1. The highest BCUT2D eigenvalue weighted by Gasteiger charge is 2.56. The highest BCUT2D eigenvalue weighted by atomic mass is 35.5. The third kappa shape index (κ3) is 4.38. The number of ether oxygens (including phenoxy) is 1. The van der Waals surface area contributed by atoms with E-state index in [4.69, 9.17) is 27.9 Å². The Kier molecular flexibility index (Phi) is 6.86. The normalized spacial score (nSPS) is 22.9. The van der Waals surface area contributed by atoms with E-state index in [1.807, 2.05) is 12.1 Å². The van der Waals surface area contributed by atoms with Crippen LogP contribution in [0.25, 0.3) is 0 Å². The predicted molar refractivity (Wildman–Crippen MR) is 146 cm³/mol. The number of thioether (sulfide) groups is 1. The van der Waals surface area contributed by atoms with Gasteiger partial charge in [0, 0.05) is 33.9 Å². The zero-order valence-electron chi connectivity index (χ0n) is 19.8. The molecule has 3 unspecified atom stereocenters. The number of amides is 3. The van der Waals surface area contributed by atoms with Crippen LogP contribution in [0.5, 0.6) is 0 Å². The van der Waals surface area contributed by atoms with Crippen molar-refractivity contribution in [1.82, 2.24) is 9.47 Å². The van der Waals surface area contributed by atoms with E-state index in [0.29, 0.717) is 51.9 Å². The Balaban J connectivity index is 1.43. The molecule has 0 radical (unpaired) electrons. The number of halogens is 2. The first-order valence-electron chi connectivity index (χ1n) is 12.0. The summed E-state index contributed by atoms with van der Waals surface area (Å²) in [5.41, 5.74) is 1.22. The Morgan fingerprint density at radius 2 is 1.55 bits per heavy atom. The second kappa shape index (κ2) is 10.2. The van der Waals surface area contributed by atoms with Gasteiger partial charge in [0.2, 0.25) is 17.7 Å². The number of carbonyl (C=O) groups is 3. The molecule has 38 heavy (non-hydrogen) atoms. The maximum absolute atomic E-state index is 13.9. The van der Waals surface area contributed by atoms with Crippen molar-refractivity contribution < 1.29 is 19.1 Å². The van der Waals surface area contributed by atoms with Crippen LogP contribution in [0, 0.1) is 5.92 Å². The molecule has 0 saturated carbocycles. The SMILES string of the molecule is O=C(Cn1c2c(sc1=O)C(c1ccc(Cl)cc1)C1C(=O)N(c3ccc(Cl)cc3)C(=O)C1S2)N1CCOCC1. The van der Waals surface area contributed by atoms with E-state index in [0.717, 1.165) is 16.9 Å². The van der Waals surface area contributed by atoms with E-state index < -0.39 is 17.1 Å². The zero-order chi connectivity index (χ0) is 26.6. The second-order valence-electron chi connectivity index (χ2n) is 9.20. The molecule has 0 spiro atoms. The molecule has 3 aromatic rings. The van der Waals surface area contributed by atoms with Gasteiger partial charge in [-0.1, -0.05) is 58.4 Å². The van der Waals surface area contributed by atoms with Gasteiger partial charge in [0.05, 0.1) is 29.8 Å². The van der Waals surface area contributed by atoms with Gasteiger partial charge in [-0.3, -0.25) is 23.7 Å².